The van der Waals surface area contributed by atoms with Crippen LogP contribution >= 0.6 is 0 Å². The van der Waals surface area contributed by atoms with Crippen molar-refractivity contribution in [2.75, 3.05) is 6.67 Å². The zero-order chi connectivity index (χ0) is 9.84. The molecule has 0 amide bonds. The lowest BCUT2D eigenvalue weighted by molar-refractivity contribution is 0.116. The lowest BCUT2D eigenvalue weighted by Crippen LogP contribution is -2.29. The van der Waals surface area contributed by atoms with E-state index in [0.717, 1.165) is 4.68 Å². The maximum atomic E-state index is 11.9. The molecule has 0 saturated carbocycles. The summed E-state index contributed by atoms with van der Waals surface area (Å²) in [7, 11) is 0. The standard InChI is InChI=1S/C8H11FN2O2/c1-6-2-3-8(13)11(10-6)5-7(12)4-9/h2-3,7,12H,4-5H2,1H3. The molecule has 0 aliphatic rings. The van der Waals surface area contributed by atoms with Crippen LogP contribution in [-0.4, -0.2) is 27.7 Å². The number of rotatable bonds is 3. The molecular weight excluding hydrogens is 175 g/mol. The van der Waals surface area contributed by atoms with Crippen LogP contribution in [-0.2, 0) is 6.54 Å². The Morgan fingerprint density at radius 1 is 1.69 bits per heavy atom. The Morgan fingerprint density at radius 2 is 2.38 bits per heavy atom. The number of aliphatic hydroxyl groups is 1. The van der Waals surface area contributed by atoms with E-state index in [-0.39, 0.29) is 12.1 Å². The molecule has 4 nitrogen and oxygen atoms in total. The number of alkyl halides is 1. The first kappa shape index (κ1) is 9.85. The normalized spacial score (nSPS) is 12.8. The molecule has 13 heavy (non-hydrogen) atoms. The van der Waals surface area contributed by atoms with Crippen LogP contribution in [0.25, 0.3) is 0 Å². The van der Waals surface area contributed by atoms with Crippen LogP contribution in [0.1, 0.15) is 5.69 Å². The first-order valence-electron chi connectivity index (χ1n) is 3.92. The summed E-state index contributed by atoms with van der Waals surface area (Å²) in [6.45, 7) is 0.747. The van der Waals surface area contributed by atoms with Gasteiger partial charge < -0.3 is 5.11 Å². The summed E-state index contributed by atoms with van der Waals surface area (Å²) in [4.78, 5) is 11.1. The number of aromatic nitrogens is 2. The smallest absolute Gasteiger partial charge is 0.266 e. The number of aryl methyl sites for hydroxylation is 1. The van der Waals surface area contributed by atoms with Gasteiger partial charge in [-0.3, -0.25) is 4.79 Å². The Bertz CT molecular complexity index is 337. The van der Waals surface area contributed by atoms with Crippen LogP contribution in [0.4, 0.5) is 4.39 Å². The summed E-state index contributed by atoms with van der Waals surface area (Å²) in [5, 5.41) is 12.8. The second kappa shape index (κ2) is 4.13. The van der Waals surface area contributed by atoms with Gasteiger partial charge in [-0.25, -0.2) is 9.07 Å². The minimum atomic E-state index is -1.16. The van der Waals surface area contributed by atoms with Crippen molar-refractivity contribution in [3.8, 4) is 0 Å². The van der Waals surface area contributed by atoms with Crippen LogP contribution in [0.3, 0.4) is 0 Å². The van der Waals surface area contributed by atoms with E-state index in [9.17, 15) is 9.18 Å². The molecule has 1 heterocycles. The molecule has 0 fully saturated rings. The van der Waals surface area contributed by atoms with Gasteiger partial charge >= 0.3 is 0 Å². The van der Waals surface area contributed by atoms with Crippen molar-refractivity contribution in [2.45, 2.75) is 19.6 Å². The second-order valence-electron chi connectivity index (χ2n) is 2.80. The molecule has 0 aliphatic heterocycles. The molecule has 1 atom stereocenters. The molecule has 0 saturated heterocycles. The molecule has 0 aromatic carbocycles. The first-order chi connectivity index (χ1) is 6.13. The third-order valence-corrected chi connectivity index (χ3v) is 1.56. The summed E-state index contributed by atoms with van der Waals surface area (Å²) in [6.07, 6.45) is -1.16. The lowest BCUT2D eigenvalue weighted by Gasteiger charge is -2.07. The number of hydrogen-bond acceptors (Lipinski definition) is 3. The average Bonchev–Trinajstić information content (AvgIpc) is 2.11. The third-order valence-electron chi connectivity index (χ3n) is 1.56. The molecule has 0 radical (unpaired) electrons. The van der Waals surface area contributed by atoms with Crippen LogP contribution < -0.4 is 5.56 Å². The quantitative estimate of drug-likeness (QED) is 0.716. The van der Waals surface area contributed by atoms with Crippen molar-refractivity contribution in [3.63, 3.8) is 0 Å². The fourth-order valence-electron chi connectivity index (χ4n) is 0.930. The maximum Gasteiger partial charge on any atom is 0.266 e. The molecule has 1 N–H and O–H groups in total. The fraction of sp³-hybridized carbons (Fsp3) is 0.500. The van der Waals surface area contributed by atoms with Gasteiger partial charge in [0, 0.05) is 6.07 Å². The van der Waals surface area contributed by atoms with Crippen molar-refractivity contribution >= 4 is 0 Å². The predicted octanol–water partition coefficient (Wildman–Crippen LogP) is -0.118. The van der Waals surface area contributed by atoms with E-state index in [1.54, 1.807) is 13.0 Å². The molecule has 5 heteroatoms. The third kappa shape index (κ3) is 2.62. The van der Waals surface area contributed by atoms with Crippen molar-refractivity contribution in [1.29, 1.82) is 0 Å². The highest BCUT2D eigenvalue weighted by Gasteiger charge is 2.06. The van der Waals surface area contributed by atoms with Gasteiger partial charge in [-0.05, 0) is 13.0 Å². The first-order valence-corrected chi connectivity index (χ1v) is 3.92. The topological polar surface area (TPSA) is 55.1 Å². The number of nitrogens with zero attached hydrogens (tertiary/aromatic N) is 2. The van der Waals surface area contributed by atoms with Gasteiger partial charge in [0.1, 0.15) is 12.8 Å². The van der Waals surface area contributed by atoms with Gasteiger partial charge in [-0.2, -0.15) is 5.10 Å². The number of aliphatic hydroxyl groups excluding tert-OH is 1. The Kier molecular flexibility index (Phi) is 3.13. The van der Waals surface area contributed by atoms with Gasteiger partial charge in [0.2, 0.25) is 0 Å². The maximum absolute atomic E-state index is 11.9. The highest BCUT2D eigenvalue weighted by Crippen LogP contribution is 1.90. The summed E-state index contributed by atoms with van der Waals surface area (Å²) in [5.41, 5.74) is 0.323. The SMILES string of the molecule is Cc1ccc(=O)n(CC(O)CF)n1. The van der Waals surface area contributed by atoms with Crippen LogP contribution in [0.2, 0.25) is 0 Å². The summed E-state index contributed by atoms with van der Waals surface area (Å²) in [5.74, 6) is 0. The van der Waals surface area contributed by atoms with Crippen molar-refractivity contribution in [3.05, 3.63) is 28.2 Å². The largest absolute Gasteiger partial charge is 0.388 e. The molecule has 1 aromatic heterocycles. The Hall–Kier alpha value is -1.23. The summed E-state index contributed by atoms with van der Waals surface area (Å²) < 4.78 is 13.0. The van der Waals surface area contributed by atoms with E-state index < -0.39 is 12.8 Å². The molecule has 72 valence electrons. The highest BCUT2D eigenvalue weighted by atomic mass is 19.1. The van der Waals surface area contributed by atoms with E-state index in [2.05, 4.69) is 5.10 Å². The van der Waals surface area contributed by atoms with Crippen molar-refractivity contribution < 1.29 is 9.50 Å². The molecule has 1 aromatic rings. The van der Waals surface area contributed by atoms with Crippen LogP contribution in [0, 0.1) is 6.92 Å². The fourth-order valence-corrected chi connectivity index (χ4v) is 0.930. The molecule has 0 bridgehead atoms. The van der Waals surface area contributed by atoms with Gasteiger partial charge in [-0.1, -0.05) is 0 Å². The minimum absolute atomic E-state index is 0.100. The van der Waals surface area contributed by atoms with Crippen molar-refractivity contribution in [1.82, 2.24) is 9.78 Å². The molecular formula is C8H11FN2O2. The monoisotopic (exact) mass is 186 g/mol. The number of hydrogen-bond donors (Lipinski definition) is 1. The van der Waals surface area contributed by atoms with Crippen molar-refractivity contribution in [2.24, 2.45) is 0 Å². The average molecular weight is 186 g/mol. The summed E-state index contributed by atoms with van der Waals surface area (Å²) in [6, 6.07) is 2.91. The lowest BCUT2D eigenvalue weighted by atomic mass is 10.4. The summed E-state index contributed by atoms with van der Waals surface area (Å²) >= 11 is 0. The molecule has 0 spiro atoms. The Labute approximate surface area is 74.6 Å². The Morgan fingerprint density at radius 3 is 3.00 bits per heavy atom. The van der Waals surface area contributed by atoms with Gasteiger partial charge in [0.15, 0.2) is 0 Å². The van der Waals surface area contributed by atoms with Crippen LogP contribution in [0.5, 0.6) is 0 Å². The molecule has 1 rings (SSSR count). The zero-order valence-electron chi connectivity index (χ0n) is 7.27. The second-order valence-corrected chi connectivity index (χ2v) is 2.80. The van der Waals surface area contributed by atoms with E-state index in [1.807, 2.05) is 0 Å². The zero-order valence-corrected chi connectivity index (χ0v) is 7.27. The van der Waals surface area contributed by atoms with E-state index in [0.29, 0.717) is 5.69 Å². The van der Waals surface area contributed by atoms with E-state index >= 15 is 0 Å². The van der Waals surface area contributed by atoms with Crippen LogP contribution in [0.15, 0.2) is 16.9 Å². The molecule has 1 unspecified atom stereocenters. The van der Waals surface area contributed by atoms with Gasteiger partial charge in [0.05, 0.1) is 12.2 Å². The highest BCUT2D eigenvalue weighted by molar-refractivity contribution is 4.97. The van der Waals surface area contributed by atoms with Gasteiger partial charge in [-0.15, -0.1) is 0 Å². The minimum Gasteiger partial charge on any atom is -0.388 e. The van der Waals surface area contributed by atoms with E-state index in [1.165, 1.54) is 6.07 Å². The molecule has 0 aliphatic carbocycles. The Balaban J connectivity index is 2.87. The predicted molar refractivity (Wildman–Crippen MR) is 45.2 cm³/mol. The number of halogens is 1. The van der Waals surface area contributed by atoms with E-state index in [4.69, 9.17) is 5.11 Å². The van der Waals surface area contributed by atoms with Gasteiger partial charge in [0.25, 0.3) is 5.56 Å².